The summed E-state index contributed by atoms with van der Waals surface area (Å²) < 4.78 is 5.37. The molecule has 0 radical (unpaired) electrons. The molecule has 0 saturated carbocycles. The van der Waals surface area contributed by atoms with Gasteiger partial charge in [-0.25, -0.2) is 0 Å². The molecule has 1 saturated heterocycles. The van der Waals surface area contributed by atoms with Gasteiger partial charge in [-0.1, -0.05) is 30.3 Å². The van der Waals surface area contributed by atoms with Crippen LogP contribution in [0, 0.1) is 0 Å². The van der Waals surface area contributed by atoms with E-state index in [1.54, 1.807) is 0 Å². The summed E-state index contributed by atoms with van der Waals surface area (Å²) in [6.45, 7) is 3.14. The lowest BCUT2D eigenvalue weighted by Gasteiger charge is -2.25. The minimum absolute atomic E-state index is 0.120. The molecule has 1 heterocycles. The van der Waals surface area contributed by atoms with Crippen LogP contribution in [0.15, 0.2) is 30.3 Å². The maximum absolute atomic E-state index is 12.5. The fraction of sp³-hybridized carbons (Fsp3) is 0.500. The third-order valence-corrected chi connectivity index (χ3v) is 3.27. The standard InChI is InChI=1S/C14H20N2O2/c15-11-13(12-5-2-1-3-6-12)14(17)16-7-4-9-18-10-8-16/h1-3,5-6,13H,4,7-11,15H2. The van der Waals surface area contributed by atoms with Gasteiger partial charge in [0, 0.05) is 26.2 Å². The fourth-order valence-electron chi connectivity index (χ4n) is 2.25. The Bertz CT molecular complexity index is 373. The Hall–Kier alpha value is -1.39. The highest BCUT2D eigenvalue weighted by molar-refractivity contribution is 5.84. The molecule has 1 atom stereocenters. The van der Waals surface area contributed by atoms with Gasteiger partial charge < -0.3 is 15.4 Å². The number of hydrogen-bond acceptors (Lipinski definition) is 3. The maximum atomic E-state index is 12.5. The lowest BCUT2D eigenvalue weighted by atomic mass is 9.97. The van der Waals surface area contributed by atoms with Gasteiger partial charge in [0.2, 0.25) is 5.91 Å². The molecule has 0 spiro atoms. The van der Waals surface area contributed by atoms with Gasteiger partial charge in [0.1, 0.15) is 0 Å². The number of amides is 1. The van der Waals surface area contributed by atoms with Crippen molar-refractivity contribution in [2.45, 2.75) is 12.3 Å². The molecule has 1 amide bonds. The van der Waals surface area contributed by atoms with Crippen molar-refractivity contribution in [3.8, 4) is 0 Å². The first-order valence-corrected chi connectivity index (χ1v) is 6.44. The number of carbonyl (C=O) groups excluding carboxylic acids is 1. The van der Waals surface area contributed by atoms with Gasteiger partial charge in [-0.05, 0) is 12.0 Å². The lowest BCUT2D eigenvalue weighted by Crippen LogP contribution is -2.39. The van der Waals surface area contributed by atoms with E-state index < -0.39 is 0 Å². The Morgan fingerprint density at radius 2 is 2.06 bits per heavy atom. The highest BCUT2D eigenvalue weighted by Crippen LogP contribution is 2.18. The predicted molar refractivity (Wildman–Crippen MR) is 70.3 cm³/mol. The van der Waals surface area contributed by atoms with Crippen LogP contribution in [0.5, 0.6) is 0 Å². The van der Waals surface area contributed by atoms with Crippen LogP contribution in [0.3, 0.4) is 0 Å². The van der Waals surface area contributed by atoms with Crippen molar-refractivity contribution in [3.63, 3.8) is 0 Å². The highest BCUT2D eigenvalue weighted by atomic mass is 16.5. The third kappa shape index (κ3) is 3.09. The molecular formula is C14H20N2O2. The summed E-state index contributed by atoms with van der Waals surface area (Å²) in [4.78, 5) is 14.3. The summed E-state index contributed by atoms with van der Waals surface area (Å²) >= 11 is 0. The van der Waals surface area contributed by atoms with E-state index >= 15 is 0 Å². The number of rotatable bonds is 3. The van der Waals surface area contributed by atoms with E-state index in [0.717, 1.165) is 25.1 Å². The van der Waals surface area contributed by atoms with Gasteiger partial charge in [-0.2, -0.15) is 0 Å². The molecule has 0 bridgehead atoms. The molecule has 0 aliphatic carbocycles. The summed E-state index contributed by atoms with van der Waals surface area (Å²) in [6.07, 6.45) is 0.901. The molecule has 2 N–H and O–H groups in total. The summed E-state index contributed by atoms with van der Waals surface area (Å²) in [7, 11) is 0. The monoisotopic (exact) mass is 248 g/mol. The van der Waals surface area contributed by atoms with E-state index in [2.05, 4.69) is 0 Å². The zero-order valence-electron chi connectivity index (χ0n) is 10.5. The molecule has 1 aromatic carbocycles. The van der Waals surface area contributed by atoms with Crippen molar-refractivity contribution >= 4 is 5.91 Å². The smallest absolute Gasteiger partial charge is 0.231 e. The molecule has 4 heteroatoms. The van der Waals surface area contributed by atoms with E-state index in [1.165, 1.54) is 0 Å². The first-order chi connectivity index (χ1) is 8.83. The largest absolute Gasteiger partial charge is 0.380 e. The topological polar surface area (TPSA) is 55.6 Å². The van der Waals surface area contributed by atoms with Crippen molar-refractivity contribution in [2.75, 3.05) is 32.8 Å². The van der Waals surface area contributed by atoms with Crippen LogP contribution in [0.1, 0.15) is 17.9 Å². The molecule has 1 aliphatic heterocycles. The molecule has 1 aromatic rings. The van der Waals surface area contributed by atoms with Gasteiger partial charge in [-0.15, -0.1) is 0 Å². The summed E-state index contributed by atoms with van der Waals surface area (Å²) in [5.41, 5.74) is 6.77. The van der Waals surface area contributed by atoms with E-state index in [1.807, 2.05) is 35.2 Å². The molecule has 1 aliphatic rings. The van der Waals surface area contributed by atoms with Gasteiger partial charge in [0.15, 0.2) is 0 Å². The van der Waals surface area contributed by atoms with E-state index in [-0.39, 0.29) is 11.8 Å². The van der Waals surface area contributed by atoms with E-state index in [0.29, 0.717) is 19.7 Å². The number of nitrogens with zero attached hydrogens (tertiary/aromatic N) is 1. The molecular weight excluding hydrogens is 228 g/mol. The Morgan fingerprint density at radius 3 is 2.78 bits per heavy atom. The number of nitrogens with two attached hydrogens (primary N) is 1. The predicted octanol–water partition coefficient (Wildman–Crippen LogP) is 0.978. The highest BCUT2D eigenvalue weighted by Gasteiger charge is 2.25. The minimum Gasteiger partial charge on any atom is -0.380 e. The van der Waals surface area contributed by atoms with Crippen LogP contribution in [-0.2, 0) is 9.53 Å². The molecule has 1 fully saturated rings. The van der Waals surface area contributed by atoms with E-state index in [9.17, 15) is 4.79 Å². The second kappa shape index (κ2) is 6.52. The van der Waals surface area contributed by atoms with Crippen LogP contribution in [0.25, 0.3) is 0 Å². The molecule has 0 aromatic heterocycles. The van der Waals surface area contributed by atoms with Crippen LogP contribution < -0.4 is 5.73 Å². The van der Waals surface area contributed by atoms with Gasteiger partial charge in [-0.3, -0.25) is 4.79 Å². The van der Waals surface area contributed by atoms with Gasteiger partial charge in [0.05, 0.1) is 12.5 Å². The number of ether oxygens (including phenoxy) is 1. The summed E-state index contributed by atoms with van der Waals surface area (Å²) in [5.74, 6) is -0.113. The summed E-state index contributed by atoms with van der Waals surface area (Å²) in [5, 5.41) is 0. The Kier molecular flexibility index (Phi) is 4.73. The quantitative estimate of drug-likeness (QED) is 0.867. The van der Waals surface area contributed by atoms with Crippen LogP contribution in [-0.4, -0.2) is 43.7 Å². The molecule has 98 valence electrons. The van der Waals surface area contributed by atoms with Crippen LogP contribution in [0.2, 0.25) is 0 Å². The fourth-order valence-corrected chi connectivity index (χ4v) is 2.25. The normalized spacial score (nSPS) is 18.2. The Labute approximate surface area is 108 Å². The molecule has 4 nitrogen and oxygen atoms in total. The van der Waals surface area contributed by atoms with Crippen LogP contribution in [0.4, 0.5) is 0 Å². The average Bonchev–Trinajstić information content (AvgIpc) is 2.69. The van der Waals surface area contributed by atoms with Gasteiger partial charge in [0.25, 0.3) is 0 Å². The van der Waals surface area contributed by atoms with Crippen molar-refractivity contribution in [3.05, 3.63) is 35.9 Å². The zero-order valence-corrected chi connectivity index (χ0v) is 10.5. The maximum Gasteiger partial charge on any atom is 0.231 e. The number of benzene rings is 1. The van der Waals surface area contributed by atoms with Crippen molar-refractivity contribution in [2.24, 2.45) is 5.73 Å². The van der Waals surface area contributed by atoms with Crippen molar-refractivity contribution in [1.29, 1.82) is 0 Å². The first kappa shape index (κ1) is 13.1. The first-order valence-electron chi connectivity index (χ1n) is 6.44. The number of hydrogen-bond donors (Lipinski definition) is 1. The second-order valence-corrected chi connectivity index (χ2v) is 4.49. The lowest BCUT2D eigenvalue weighted by molar-refractivity contribution is -0.132. The van der Waals surface area contributed by atoms with Crippen molar-refractivity contribution < 1.29 is 9.53 Å². The zero-order chi connectivity index (χ0) is 12.8. The Balaban J connectivity index is 2.09. The average molecular weight is 248 g/mol. The Morgan fingerprint density at radius 1 is 1.28 bits per heavy atom. The second-order valence-electron chi connectivity index (χ2n) is 4.49. The van der Waals surface area contributed by atoms with Crippen LogP contribution >= 0.6 is 0 Å². The molecule has 2 rings (SSSR count). The van der Waals surface area contributed by atoms with E-state index in [4.69, 9.17) is 10.5 Å². The van der Waals surface area contributed by atoms with Gasteiger partial charge >= 0.3 is 0 Å². The molecule has 1 unspecified atom stereocenters. The number of carbonyl (C=O) groups is 1. The molecule has 18 heavy (non-hydrogen) atoms. The minimum atomic E-state index is -0.232. The van der Waals surface area contributed by atoms with Crippen molar-refractivity contribution in [1.82, 2.24) is 4.90 Å². The summed E-state index contributed by atoms with van der Waals surface area (Å²) in [6, 6.07) is 9.75. The SMILES string of the molecule is NCC(C(=O)N1CCCOCC1)c1ccccc1. The third-order valence-electron chi connectivity index (χ3n) is 3.27.